The van der Waals surface area contributed by atoms with Gasteiger partial charge in [0.05, 0.1) is 32.0 Å². The van der Waals surface area contributed by atoms with Gasteiger partial charge in [-0.25, -0.2) is 4.79 Å². The second kappa shape index (κ2) is 7.65. The minimum Gasteiger partial charge on any atom is -0.494 e. The zero-order chi connectivity index (χ0) is 16.9. The molecule has 22 heavy (non-hydrogen) atoms. The summed E-state index contributed by atoms with van der Waals surface area (Å²) < 4.78 is 5.16. The summed E-state index contributed by atoms with van der Waals surface area (Å²) >= 11 is 5.34. The Labute approximate surface area is 137 Å². The van der Waals surface area contributed by atoms with Crippen molar-refractivity contribution in [3.63, 3.8) is 0 Å². The fourth-order valence-corrected chi connectivity index (χ4v) is 2.57. The van der Waals surface area contributed by atoms with Crippen LogP contribution in [0.3, 0.4) is 0 Å². The van der Waals surface area contributed by atoms with E-state index in [1.54, 1.807) is 33.2 Å². The minimum atomic E-state index is -0.443. The van der Waals surface area contributed by atoms with E-state index in [4.69, 9.17) is 17.6 Å². The van der Waals surface area contributed by atoms with Crippen molar-refractivity contribution in [3.05, 3.63) is 29.3 Å². The van der Waals surface area contributed by atoms with Gasteiger partial charge < -0.3 is 26.8 Å². The maximum atomic E-state index is 12.5. The number of quaternary nitrogens is 1. The zero-order valence-corrected chi connectivity index (χ0v) is 14.6. The smallest absolute Gasteiger partial charge is 0.340 e. The number of ether oxygens (including phenoxy) is 1. The third-order valence-corrected chi connectivity index (χ3v) is 3.71. The van der Waals surface area contributed by atoms with E-state index in [2.05, 4.69) is 5.32 Å². The maximum absolute atomic E-state index is 12.5. The summed E-state index contributed by atoms with van der Waals surface area (Å²) in [7, 11) is 3.60. The molecular weight excluding hydrogens is 300 g/mol. The highest BCUT2D eigenvalue weighted by Crippen LogP contribution is 2.23. The normalized spacial score (nSPS) is 12.6. The van der Waals surface area contributed by atoms with E-state index in [1.165, 1.54) is 0 Å². The number of carbonyl (C=O) groups excluding carboxylic acids is 2. The molecule has 1 amide bonds. The lowest BCUT2D eigenvalue weighted by Crippen LogP contribution is -2.50. The minimum absolute atomic E-state index is 0.114. The molecule has 0 fully saturated rings. The van der Waals surface area contributed by atoms with Crippen molar-refractivity contribution >= 4 is 30.4 Å². The molecule has 0 aliphatic heterocycles. The van der Waals surface area contributed by atoms with Gasteiger partial charge in [-0.05, 0) is 25.5 Å². The fourth-order valence-electron chi connectivity index (χ4n) is 2.33. The molecule has 0 aliphatic carbocycles. The summed E-state index contributed by atoms with van der Waals surface area (Å²) in [6.07, 6.45) is 0.614. The number of amides is 1. The van der Waals surface area contributed by atoms with Crippen LogP contribution in [0.5, 0.6) is 0 Å². The quantitative estimate of drug-likeness (QED) is 0.496. The highest BCUT2D eigenvalue weighted by atomic mass is 32.1. The maximum Gasteiger partial charge on any atom is 0.340 e. The van der Waals surface area contributed by atoms with Crippen molar-refractivity contribution in [3.8, 4) is 0 Å². The predicted octanol–water partition coefficient (Wildman–Crippen LogP) is 2.43. The fraction of sp³-hybridized carbons (Fsp3) is 0.500. The molecule has 0 aromatic heterocycles. The molecule has 0 saturated heterocycles. The number of anilines is 1. The first-order valence-corrected chi connectivity index (χ1v) is 7.71. The van der Waals surface area contributed by atoms with Gasteiger partial charge in [-0.2, -0.15) is 0 Å². The summed E-state index contributed by atoms with van der Waals surface area (Å²) in [4.78, 5) is 24.6. The first kappa shape index (κ1) is 18.5. The van der Waals surface area contributed by atoms with Crippen LogP contribution in [-0.2, 0) is 22.3 Å². The standard InChI is InChI=1S/C16H24N2O3S/c1-6-13(18(4,5)22)15(19)17-14-11(3)9-8-10-12(14)16(20)21-7-2/h8-10,13H,6-7H2,1-5H3,(H,17,19). The van der Waals surface area contributed by atoms with Gasteiger partial charge >= 0.3 is 5.97 Å². The molecule has 122 valence electrons. The van der Waals surface area contributed by atoms with Crippen molar-refractivity contribution < 1.29 is 18.2 Å². The number of likely N-dealkylation sites (N-methyl/N-ethyl adjacent to an activating group) is 1. The van der Waals surface area contributed by atoms with Gasteiger partial charge in [0, 0.05) is 6.42 Å². The van der Waals surface area contributed by atoms with E-state index in [9.17, 15) is 9.59 Å². The summed E-state index contributed by atoms with van der Waals surface area (Å²) in [5.74, 6) is -0.635. The molecule has 5 nitrogen and oxygen atoms in total. The van der Waals surface area contributed by atoms with Crippen molar-refractivity contribution in [2.75, 3.05) is 26.0 Å². The number of benzene rings is 1. The third-order valence-electron chi connectivity index (χ3n) is 3.46. The van der Waals surface area contributed by atoms with E-state index < -0.39 is 5.97 Å². The lowest BCUT2D eigenvalue weighted by atomic mass is 10.1. The Morgan fingerprint density at radius 3 is 2.45 bits per heavy atom. The predicted molar refractivity (Wildman–Crippen MR) is 89.3 cm³/mol. The van der Waals surface area contributed by atoms with Gasteiger partial charge in [0.1, 0.15) is 0 Å². The molecule has 1 atom stereocenters. The van der Waals surface area contributed by atoms with Gasteiger partial charge in [0.2, 0.25) is 0 Å². The summed E-state index contributed by atoms with van der Waals surface area (Å²) in [5.41, 5.74) is 1.66. The van der Waals surface area contributed by atoms with Gasteiger partial charge in [-0.1, -0.05) is 19.1 Å². The lowest BCUT2D eigenvalue weighted by Gasteiger charge is -2.42. The zero-order valence-electron chi connectivity index (χ0n) is 13.8. The molecule has 0 bridgehead atoms. The Morgan fingerprint density at radius 1 is 1.32 bits per heavy atom. The van der Waals surface area contributed by atoms with Crippen LogP contribution in [0.4, 0.5) is 5.69 Å². The van der Waals surface area contributed by atoms with Crippen molar-refractivity contribution in [2.24, 2.45) is 0 Å². The third kappa shape index (κ3) is 4.48. The lowest BCUT2D eigenvalue weighted by molar-refractivity contribution is -0.768. The molecular formula is C16H24N2O3S. The van der Waals surface area contributed by atoms with E-state index >= 15 is 0 Å². The summed E-state index contributed by atoms with van der Waals surface area (Å²) in [5, 5.41) is 2.85. The van der Waals surface area contributed by atoms with Gasteiger partial charge in [-0.15, -0.1) is 0 Å². The van der Waals surface area contributed by atoms with Gasteiger partial charge in [-0.3, -0.25) is 4.79 Å². The van der Waals surface area contributed by atoms with Crippen molar-refractivity contribution in [1.82, 2.24) is 0 Å². The topological polar surface area (TPSA) is 55.4 Å². The number of hydrogen-bond acceptors (Lipinski definition) is 4. The number of esters is 1. The highest BCUT2D eigenvalue weighted by molar-refractivity contribution is 7.52. The Kier molecular flexibility index (Phi) is 6.44. The highest BCUT2D eigenvalue weighted by Gasteiger charge is 2.27. The number of aryl methyl sites for hydroxylation is 1. The Balaban J connectivity index is 3.12. The molecule has 1 unspecified atom stereocenters. The van der Waals surface area contributed by atoms with E-state index in [0.717, 1.165) is 5.56 Å². The van der Waals surface area contributed by atoms with E-state index in [0.29, 0.717) is 17.7 Å². The monoisotopic (exact) mass is 324 g/mol. The molecule has 0 heterocycles. The molecule has 1 aromatic carbocycles. The van der Waals surface area contributed by atoms with Crippen molar-refractivity contribution in [2.45, 2.75) is 33.2 Å². The molecule has 0 radical (unpaired) electrons. The number of rotatable bonds is 6. The molecule has 1 N–H and O–H groups in total. The molecule has 0 spiro atoms. The Hall–Kier alpha value is -1.53. The second-order valence-electron chi connectivity index (χ2n) is 5.57. The van der Waals surface area contributed by atoms with Crippen LogP contribution in [0.2, 0.25) is 0 Å². The van der Waals surface area contributed by atoms with Gasteiger partial charge in [0.15, 0.2) is 6.04 Å². The number of nitrogens with one attached hydrogen (secondary N) is 1. The van der Waals surface area contributed by atoms with Crippen LogP contribution in [0.1, 0.15) is 36.2 Å². The molecule has 0 aliphatic rings. The number of nitrogens with zero attached hydrogens (tertiary/aromatic N) is 1. The Morgan fingerprint density at radius 2 is 1.95 bits per heavy atom. The summed E-state index contributed by atoms with van der Waals surface area (Å²) in [6.45, 7) is 5.79. The molecule has 0 saturated carbocycles. The van der Waals surface area contributed by atoms with E-state index in [-0.39, 0.29) is 22.4 Å². The van der Waals surface area contributed by atoms with Gasteiger partial charge in [0.25, 0.3) is 5.91 Å². The van der Waals surface area contributed by atoms with Crippen LogP contribution >= 0.6 is 0 Å². The average Bonchev–Trinajstić information content (AvgIpc) is 2.40. The summed E-state index contributed by atoms with van der Waals surface area (Å²) in [6, 6.07) is 4.88. The molecule has 1 rings (SSSR count). The SMILES string of the molecule is CCOC(=O)c1cccc(C)c1NC(=O)C(CC)[N+](C)(C)[S-]. The average molecular weight is 324 g/mol. The van der Waals surface area contributed by atoms with E-state index in [1.807, 2.05) is 19.9 Å². The van der Waals surface area contributed by atoms with Crippen LogP contribution in [0.15, 0.2) is 18.2 Å². The van der Waals surface area contributed by atoms with Crippen LogP contribution in [-0.4, -0.2) is 42.5 Å². The first-order valence-electron chi connectivity index (χ1n) is 7.34. The van der Waals surface area contributed by atoms with Crippen LogP contribution in [0, 0.1) is 6.92 Å². The largest absolute Gasteiger partial charge is 0.494 e. The first-order chi connectivity index (χ1) is 10.2. The molecule has 6 heteroatoms. The Bertz CT molecular complexity index is 553. The van der Waals surface area contributed by atoms with Crippen LogP contribution in [0.25, 0.3) is 0 Å². The second-order valence-corrected chi connectivity index (χ2v) is 6.51. The number of carbonyl (C=O) groups is 2. The van der Waals surface area contributed by atoms with Crippen LogP contribution < -0.4 is 5.32 Å². The number of para-hydroxylation sites is 1. The van der Waals surface area contributed by atoms with Crippen molar-refractivity contribution in [1.29, 1.82) is 0 Å². The number of hydrogen-bond donors (Lipinski definition) is 1. The molecule has 1 aromatic rings.